The lowest BCUT2D eigenvalue weighted by molar-refractivity contribution is -0.130. The fourth-order valence-corrected chi connectivity index (χ4v) is 1.86. The monoisotopic (exact) mass is 238 g/mol. The molecule has 1 aromatic rings. The van der Waals surface area contributed by atoms with E-state index in [2.05, 4.69) is 15.9 Å². The van der Waals surface area contributed by atoms with Crippen molar-refractivity contribution >= 4 is 27.5 Å². The molecule has 13 heavy (non-hydrogen) atoms. The van der Waals surface area contributed by atoms with Crippen LogP contribution in [0.25, 0.3) is 5.57 Å². The van der Waals surface area contributed by atoms with E-state index >= 15 is 0 Å². The fraction of sp³-hybridized carbons (Fsp3) is 0.100. The minimum absolute atomic E-state index is 0.413. The van der Waals surface area contributed by atoms with Crippen molar-refractivity contribution in [3.05, 3.63) is 39.9 Å². The van der Waals surface area contributed by atoms with Gasteiger partial charge in [-0.3, -0.25) is 0 Å². The SMILES string of the molecule is O=C(O)C1=CCc2ccc(Br)cc21. The zero-order valence-corrected chi connectivity index (χ0v) is 8.34. The number of carboxylic acids is 1. The van der Waals surface area contributed by atoms with Gasteiger partial charge in [-0.25, -0.2) is 4.79 Å². The number of aliphatic carboxylic acids is 1. The standard InChI is InChI=1S/C10H7BrO2/c11-7-3-1-6-2-4-8(10(12)13)9(6)5-7/h1,3-5H,2H2,(H,12,13). The van der Waals surface area contributed by atoms with Gasteiger partial charge in [-0.15, -0.1) is 0 Å². The third-order valence-electron chi connectivity index (χ3n) is 2.12. The molecule has 1 N–H and O–H groups in total. The highest BCUT2D eigenvalue weighted by Crippen LogP contribution is 2.29. The first-order valence-corrected chi connectivity index (χ1v) is 4.70. The number of carbonyl (C=O) groups is 1. The third kappa shape index (κ3) is 1.40. The van der Waals surface area contributed by atoms with Crippen molar-refractivity contribution in [1.29, 1.82) is 0 Å². The molecule has 2 rings (SSSR count). The van der Waals surface area contributed by atoms with Gasteiger partial charge in [-0.05, 0) is 29.7 Å². The minimum atomic E-state index is -0.850. The molecule has 1 aliphatic rings. The van der Waals surface area contributed by atoms with Crippen molar-refractivity contribution in [1.82, 2.24) is 0 Å². The van der Waals surface area contributed by atoms with Gasteiger partial charge in [0.05, 0.1) is 5.57 Å². The van der Waals surface area contributed by atoms with Gasteiger partial charge in [0.2, 0.25) is 0 Å². The summed E-state index contributed by atoms with van der Waals surface area (Å²) in [5.74, 6) is -0.850. The van der Waals surface area contributed by atoms with Crippen LogP contribution in [0.1, 0.15) is 11.1 Å². The molecule has 1 aliphatic carbocycles. The lowest BCUT2D eigenvalue weighted by atomic mass is 10.1. The Balaban J connectivity index is 2.54. The molecule has 0 bridgehead atoms. The Morgan fingerprint density at radius 2 is 2.23 bits per heavy atom. The van der Waals surface area contributed by atoms with Crippen LogP contribution in [0, 0.1) is 0 Å². The van der Waals surface area contributed by atoms with Gasteiger partial charge in [0.25, 0.3) is 0 Å². The summed E-state index contributed by atoms with van der Waals surface area (Å²) in [7, 11) is 0. The minimum Gasteiger partial charge on any atom is -0.478 e. The van der Waals surface area contributed by atoms with Crippen molar-refractivity contribution < 1.29 is 9.90 Å². The van der Waals surface area contributed by atoms with E-state index < -0.39 is 5.97 Å². The predicted molar refractivity (Wildman–Crippen MR) is 53.5 cm³/mol. The summed E-state index contributed by atoms with van der Waals surface area (Å²) in [6.45, 7) is 0. The van der Waals surface area contributed by atoms with Crippen LogP contribution in [0.5, 0.6) is 0 Å². The lowest BCUT2D eigenvalue weighted by Crippen LogP contribution is -1.97. The highest BCUT2D eigenvalue weighted by atomic mass is 79.9. The Bertz CT molecular complexity index is 407. The van der Waals surface area contributed by atoms with Gasteiger partial charge in [-0.2, -0.15) is 0 Å². The molecule has 0 spiro atoms. The molecule has 0 aromatic heterocycles. The van der Waals surface area contributed by atoms with E-state index in [1.54, 1.807) is 6.08 Å². The maximum absolute atomic E-state index is 10.8. The van der Waals surface area contributed by atoms with E-state index in [1.165, 1.54) is 0 Å². The molecule has 0 unspecified atom stereocenters. The molecule has 1 aromatic carbocycles. The average Bonchev–Trinajstić information content (AvgIpc) is 2.46. The van der Waals surface area contributed by atoms with E-state index in [9.17, 15) is 4.79 Å². The van der Waals surface area contributed by atoms with Gasteiger partial charge in [-0.1, -0.05) is 28.1 Å². The van der Waals surface area contributed by atoms with Gasteiger partial charge < -0.3 is 5.11 Å². The fourth-order valence-electron chi connectivity index (χ4n) is 1.50. The maximum Gasteiger partial charge on any atom is 0.335 e. The molecule has 0 radical (unpaired) electrons. The zero-order valence-electron chi connectivity index (χ0n) is 6.75. The van der Waals surface area contributed by atoms with Gasteiger partial charge >= 0.3 is 5.97 Å². The summed E-state index contributed by atoms with van der Waals surface area (Å²) in [5.41, 5.74) is 2.33. The molecule has 0 fully saturated rings. The van der Waals surface area contributed by atoms with E-state index in [0.29, 0.717) is 5.57 Å². The van der Waals surface area contributed by atoms with Crippen LogP contribution in [0.3, 0.4) is 0 Å². The van der Waals surface area contributed by atoms with Crippen LogP contribution in [-0.4, -0.2) is 11.1 Å². The average molecular weight is 239 g/mol. The van der Waals surface area contributed by atoms with Crippen LogP contribution in [-0.2, 0) is 11.2 Å². The van der Waals surface area contributed by atoms with Crippen LogP contribution in [0.2, 0.25) is 0 Å². The highest BCUT2D eigenvalue weighted by Gasteiger charge is 2.19. The number of hydrogen-bond donors (Lipinski definition) is 1. The second-order valence-electron chi connectivity index (χ2n) is 2.93. The molecule has 3 heteroatoms. The lowest BCUT2D eigenvalue weighted by Gasteiger charge is -2.01. The molecule has 66 valence electrons. The first-order chi connectivity index (χ1) is 6.18. The second-order valence-corrected chi connectivity index (χ2v) is 3.84. The van der Waals surface area contributed by atoms with Crippen molar-refractivity contribution in [2.75, 3.05) is 0 Å². The summed E-state index contributed by atoms with van der Waals surface area (Å²) < 4.78 is 0.917. The zero-order chi connectivity index (χ0) is 9.42. The number of fused-ring (bicyclic) bond motifs is 1. The molecular formula is C10H7BrO2. The predicted octanol–water partition coefficient (Wildman–Crippen LogP) is 2.47. The first kappa shape index (κ1) is 8.51. The Morgan fingerprint density at radius 1 is 1.46 bits per heavy atom. The van der Waals surface area contributed by atoms with E-state index in [1.807, 2.05) is 18.2 Å². The van der Waals surface area contributed by atoms with E-state index in [4.69, 9.17) is 5.11 Å². The smallest absolute Gasteiger partial charge is 0.335 e. The summed E-state index contributed by atoms with van der Waals surface area (Å²) in [4.78, 5) is 10.8. The number of halogens is 1. The summed E-state index contributed by atoms with van der Waals surface area (Å²) in [6.07, 6.45) is 2.48. The second kappa shape index (κ2) is 3.00. The molecule has 0 saturated heterocycles. The van der Waals surface area contributed by atoms with Crippen LogP contribution >= 0.6 is 15.9 Å². The van der Waals surface area contributed by atoms with Crippen LogP contribution in [0.4, 0.5) is 0 Å². The van der Waals surface area contributed by atoms with Crippen LogP contribution in [0.15, 0.2) is 28.7 Å². The van der Waals surface area contributed by atoms with Crippen molar-refractivity contribution in [2.24, 2.45) is 0 Å². The van der Waals surface area contributed by atoms with E-state index in [0.717, 1.165) is 22.0 Å². The van der Waals surface area contributed by atoms with Crippen molar-refractivity contribution in [3.8, 4) is 0 Å². The van der Waals surface area contributed by atoms with Crippen molar-refractivity contribution in [2.45, 2.75) is 6.42 Å². The topological polar surface area (TPSA) is 37.3 Å². The Morgan fingerprint density at radius 3 is 2.92 bits per heavy atom. The van der Waals surface area contributed by atoms with Crippen LogP contribution < -0.4 is 0 Å². The van der Waals surface area contributed by atoms with Gasteiger partial charge in [0, 0.05) is 4.47 Å². The molecule has 0 heterocycles. The number of rotatable bonds is 1. The molecular weight excluding hydrogens is 232 g/mol. The van der Waals surface area contributed by atoms with Gasteiger partial charge in [0.1, 0.15) is 0 Å². The molecule has 2 nitrogen and oxygen atoms in total. The number of hydrogen-bond acceptors (Lipinski definition) is 1. The molecule has 0 atom stereocenters. The Hall–Kier alpha value is -1.09. The molecule has 0 saturated carbocycles. The number of carboxylic acid groups (broad SMARTS) is 1. The molecule has 0 amide bonds. The maximum atomic E-state index is 10.8. The Kier molecular flexibility index (Phi) is 1.96. The van der Waals surface area contributed by atoms with Crippen molar-refractivity contribution in [3.63, 3.8) is 0 Å². The number of benzene rings is 1. The third-order valence-corrected chi connectivity index (χ3v) is 2.61. The summed E-state index contributed by atoms with van der Waals surface area (Å²) in [5, 5.41) is 8.87. The van der Waals surface area contributed by atoms with E-state index in [-0.39, 0.29) is 0 Å². The van der Waals surface area contributed by atoms with Gasteiger partial charge in [0.15, 0.2) is 0 Å². The summed E-state index contributed by atoms with van der Waals surface area (Å²) in [6, 6.07) is 5.73. The molecule has 0 aliphatic heterocycles. The Labute approximate surface area is 84.0 Å². The largest absolute Gasteiger partial charge is 0.478 e. The quantitative estimate of drug-likeness (QED) is 0.817. The summed E-state index contributed by atoms with van der Waals surface area (Å²) >= 11 is 3.32. The highest BCUT2D eigenvalue weighted by molar-refractivity contribution is 9.10. The normalized spacial score (nSPS) is 13.8. The first-order valence-electron chi connectivity index (χ1n) is 3.91. The number of allylic oxidation sites excluding steroid dienone is 1.